The molecule has 100 valence electrons. The van der Waals surface area contributed by atoms with Gasteiger partial charge >= 0.3 is 0 Å². The second kappa shape index (κ2) is 8.38. The van der Waals surface area contributed by atoms with Crippen molar-refractivity contribution in [2.45, 2.75) is 26.2 Å². The van der Waals surface area contributed by atoms with E-state index in [0.717, 1.165) is 23.7 Å². The Bertz CT molecular complexity index is 399. The van der Waals surface area contributed by atoms with Gasteiger partial charge in [0, 0.05) is 11.6 Å². The molecule has 1 rings (SSSR count). The number of nitrogens with one attached hydrogen (secondary N) is 1. The first kappa shape index (κ1) is 15.3. The Morgan fingerprint density at radius 2 is 2.22 bits per heavy atom. The maximum atomic E-state index is 11.5. The van der Waals surface area contributed by atoms with Crippen LogP contribution in [0.2, 0.25) is 5.02 Å². The molecule has 1 aromatic carbocycles. The van der Waals surface area contributed by atoms with E-state index >= 15 is 0 Å². The average Bonchev–Trinajstić information content (AvgIpc) is 2.33. The van der Waals surface area contributed by atoms with Crippen LogP contribution < -0.4 is 10.1 Å². The first-order valence-corrected chi connectivity index (χ1v) is 7.15. The molecule has 18 heavy (non-hydrogen) atoms. The second-order valence-electron chi connectivity index (χ2n) is 3.92. The van der Waals surface area contributed by atoms with Gasteiger partial charge in [0.25, 0.3) is 5.91 Å². The van der Waals surface area contributed by atoms with Crippen LogP contribution in [0.1, 0.15) is 26.2 Å². The molecular formula is C13H17BrClNO2. The zero-order chi connectivity index (χ0) is 13.4. The van der Waals surface area contributed by atoms with Gasteiger partial charge in [0.05, 0.1) is 4.47 Å². The van der Waals surface area contributed by atoms with E-state index in [1.165, 1.54) is 0 Å². The van der Waals surface area contributed by atoms with Crippen LogP contribution in [0.5, 0.6) is 5.75 Å². The van der Waals surface area contributed by atoms with E-state index in [4.69, 9.17) is 16.3 Å². The van der Waals surface area contributed by atoms with Gasteiger partial charge in [-0.15, -0.1) is 0 Å². The zero-order valence-corrected chi connectivity index (χ0v) is 12.7. The number of carbonyl (C=O) groups is 1. The summed E-state index contributed by atoms with van der Waals surface area (Å²) in [5.74, 6) is 0.510. The SMILES string of the molecule is CCCCCNC(=O)COc1ccc(Cl)cc1Br. The molecule has 0 bridgehead atoms. The summed E-state index contributed by atoms with van der Waals surface area (Å²) in [4.78, 5) is 11.5. The Kier molecular flexibility index (Phi) is 7.13. The normalized spacial score (nSPS) is 10.2. The van der Waals surface area contributed by atoms with E-state index in [0.29, 0.717) is 17.3 Å². The van der Waals surface area contributed by atoms with Crippen LogP contribution in [0, 0.1) is 0 Å². The lowest BCUT2D eigenvalue weighted by molar-refractivity contribution is -0.123. The molecule has 0 aliphatic rings. The number of unbranched alkanes of at least 4 members (excludes halogenated alkanes) is 2. The van der Waals surface area contributed by atoms with Crippen LogP contribution in [0.4, 0.5) is 0 Å². The number of ether oxygens (including phenoxy) is 1. The monoisotopic (exact) mass is 333 g/mol. The number of amides is 1. The molecule has 0 aliphatic carbocycles. The third-order valence-corrected chi connectivity index (χ3v) is 3.21. The summed E-state index contributed by atoms with van der Waals surface area (Å²) >= 11 is 9.14. The van der Waals surface area contributed by atoms with Gasteiger partial charge in [-0.1, -0.05) is 31.4 Å². The fraction of sp³-hybridized carbons (Fsp3) is 0.462. The van der Waals surface area contributed by atoms with Gasteiger partial charge in [-0.2, -0.15) is 0 Å². The molecule has 3 nitrogen and oxygen atoms in total. The van der Waals surface area contributed by atoms with E-state index in [-0.39, 0.29) is 12.5 Å². The average molecular weight is 335 g/mol. The highest BCUT2D eigenvalue weighted by Crippen LogP contribution is 2.27. The lowest BCUT2D eigenvalue weighted by Gasteiger charge is -2.08. The quantitative estimate of drug-likeness (QED) is 0.771. The number of hydrogen-bond donors (Lipinski definition) is 1. The molecule has 0 heterocycles. The maximum absolute atomic E-state index is 11.5. The van der Waals surface area contributed by atoms with Crippen molar-refractivity contribution in [2.75, 3.05) is 13.2 Å². The Balaban J connectivity index is 2.29. The first-order valence-electron chi connectivity index (χ1n) is 5.98. The minimum absolute atomic E-state index is 0.0202. The summed E-state index contributed by atoms with van der Waals surface area (Å²) in [6.07, 6.45) is 3.28. The molecule has 0 saturated heterocycles. The van der Waals surface area contributed by atoms with E-state index in [1.54, 1.807) is 18.2 Å². The summed E-state index contributed by atoms with van der Waals surface area (Å²) in [5, 5.41) is 3.44. The van der Waals surface area contributed by atoms with Crippen LogP contribution in [0.15, 0.2) is 22.7 Å². The van der Waals surface area contributed by atoms with Crippen LogP contribution in [0.3, 0.4) is 0 Å². The number of carbonyl (C=O) groups excluding carboxylic acids is 1. The van der Waals surface area contributed by atoms with Crippen molar-refractivity contribution in [3.63, 3.8) is 0 Å². The standard InChI is InChI=1S/C13H17BrClNO2/c1-2-3-4-7-16-13(17)9-18-12-6-5-10(15)8-11(12)14/h5-6,8H,2-4,7,9H2,1H3,(H,16,17). The number of halogens is 2. The lowest BCUT2D eigenvalue weighted by atomic mass is 10.2. The predicted molar refractivity (Wildman–Crippen MR) is 77.2 cm³/mol. The van der Waals surface area contributed by atoms with Crippen LogP contribution in [-0.4, -0.2) is 19.1 Å². The van der Waals surface area contributed by atoms with E-state index in [2.05, 4.69) is 28.2 Å². The van der Waals surface area contributed by atoms with Crippen LogP contribution in [0.25, 0.3) is 0 Å². The first-order chi connectivity index (χ1) is 8.63. The topological polar surface area (TPSA) is 38.3 Å². The Morgan fingerprint density at radius 1 is 1.44 bits per heavy atom. The summed E-state index contributed by atoms with van der Waals surface area (Å²) in [6.45, 7) is 2.85. The van der Waals surface area contributed by atoms with Gasteiger partial charge in [-0.25, -0.2) is 0 Å². The summed E-state index contributed by atoms with van der Waals surface area (Å²) in [5.41, 5.74) is 0. The van der Waals surface area contributed by atoms with E-state index in [1.807, 2.05) is 0 Å². The van der Waals surface area contributed by atoms with Crippen LogP contribution in [-0.2, 0) is 4.79 Å². The molecule has 0 aromatic heterocycles. The molecule has 1 aromatic rings. The van der Waals surface area contributed by atoms with Crippen molar-refractivity contribution in [1.29, 1.82) is 0 Å². The Labute approximate surface area is 121 Å². The van der Waals surface area contributed by atoms with Crippen molar-refractivity contribution in [3.8, 4) is 5.75 Å². The molecule has 1 N–H and O–H groups in total. The van der Waals surface area contributed by atoms with E-state index in [9.17, 15) is 4.79 Å². The number of benzene rings is 1. The molecule has 0 radical (unpaired) electrons. The second-order valence-corrected chi connectivity index (χ2v) is 5.21. The molecule has 1 amide bonds. The Hall–Kier alpha value is -0.740. The third kappa shape index (κ3) is 5.74. The van der Waals surface area contributed by atoms with Gasteiger partial charge < -0.3 is 10.1 Å². The Morgan fingerprint density at radius 3 is 2.89 bits per heavy atom. The zero-order valence-electron chi connectivity index (χ0n) is 10.3. The highest BCUT2D eigenvalue weighted by Gasteiger charge is 2.05. The minimum Gasteiger partial charge on any atom is -0.483 e. The van der Waals surface area contributed by atoms with Crippen molar-refractivity contribution >= 4 is 33.4 Å². The molecule has 5 heteroatoms. The molecule has 0 saturated carbocycles. The fourth-order valence-electron chi connectivity index (χ4n) is 1.39. The predicted octanol–water partition coefficient (Wildman–Crippen LogP) is 3.79. The van der Waals surface area contributed by atoms with Gasteiger partial charge in [0.15, 0.2) is 6.61 Å². The van der Waals surface area contributed by atoms with Crippen molar-refractivity contribution in [2.24, 2.45) is 0 Å². The van der Waals surface area contributed by atoms with Crippen molar-refractivity contribution < 1.29 is 9.53 Å². The summed E-state index contributed by atoms with van der Waals surface area (Å²) < 4.78 is 6.14. The van der Waals surface area contributed by atoms with Crippen molar-refractivity contribution in [1.82, 2.24) is 5.32 Å². The van der Waals surface area contributed by atoms with Gasteiger partial charge in [0.2, 0.25) is 0 Å². The number of rotatable bonds is 7. The van der Waals surface area contributed by atoms with Gasteiger partial charge in [0.1, 0.15) is 5.75 Å². The van der Waals surface area contributed by atoms with Crippen molar-refractivity contribution in [3.05, 3.63) is 27.7 Å². The maximum Gasteiger partial charge on any atom is 0.257 e. The smallest absolute Gasteiger partial charge is 0.257 e. The molecular weight excluding hydrogens is 318 g/mol. The molecule has 0 unspecified atom stereocenters. The minimum atomic E-state index is -0.104. The molecule has 0 fully saturated rings. The fourth-order valence-corrected chi connectivity index (χ4v) is 2.19. The summed E-state index contributed by atoms with van der Waals surface area (Å²) in [7, 11) is 0. The summed E-state index contributed by atoms with van der Waals surface area (Å²) in [6, 6.07) is 5.19. The van der Waals surface area contributed by atoms with Gasteiger partial charge in [-0.3, -0.25) is 4.79 Å². The van der Waals surface area contributed by atoms with E-state index < -0.39 is 0 Å². The number of hydrogen-bond acceptors (Lipinski definition) is 2. The molecule has 0 aliphatic heterocycles. The third-order valence-electron chi connectivity index (χ3n) is 2.36. The largest absolute Gasteiger partial charge is 0.483 e. The lowest BCUT2D eigenvalue weighted by Crippen LogP contribution is -2.29. The molecule has 0 spiro atoms. The van der Waals surface area contributed by atoms with Crippen LogP contribution >= 0.6 is 27.5 Å². The highest BCUT2D eigenvalue weighted by molar-refractivity contribution is 9.10. The van der Waals surface area contributed by atoms with Gasteiger partial charge in [-0.05, 0) is 40.5 Å². The highest BCUT2D eigenvalue weighted by atomic mass is 79.9. The molecule has 0 atom stereocenters.